The molecule has 0 spiro atoms. The number of nitrogens with one attached hydrogen (secondary N) is 1. The van der Waals surface area contributed by atoms with Crippen LogP contribution in [-0.4, -0.2) is 52.9 Å². The molecule has 0 unspecified atom stereocenters. The summed E-state index contributed by atoms with van der Waals surface area (Å²) in [5, 5.41) is 6.00. The van der Waals surface area contributed by atoms with E-state index in [9.17, 15) is 14.2 Å². The van der Waals surface area contributed by atoms with E-state index < -0.39 is 26.9 Å². The summed E-state index contributed by atoms with van der Waals surface area (Å²) in [6.45, 7) is 0.329. The van der Waals surface area contributed by atoms with Gasteiger partial charge in [0.1, 0.15) is 5.82 Å². The van der Waals surface area contributed by atoms with Crippen LogP contribution in [0.1, 0.15) is 18.7 Å². The average molecular weight is 330 g/mol. The molecule has 20 heavy (non-hydrogen) atoms. The summed E-state index contributed by atoms with van der Waals surface area (Å²) in [6.07, 6.45) is 3.06. The van der Waals surface area contributed by atoms with Crippen molar-refractivity contribution in [3.05, 3.63) is 18.2 Å². The Morgan fingerprint density at radius 2 is 1.90 bits per heavy atom. The molecule has 1 aromatic heterocycles. The van der Waals surface area contributed by atoms with Crippen molar-refractivity contribution in [1.29, 1.82) is 0 Å². The van der Waals surface area contributed by atoms with Crippen LogP contribution >= 0.6 is 15.2 Å². The maximum Gasteiger partial charge on any atom is 0.371 e. The summed E-state index contributed by atoms with van der Waals surface area (Å²) in [5.41, 5.74) is 0. The van der Waals surface area contributed by atoms with Crippen LogP contribution in [-0.2, 0) is 13.9 Å². The minimum atomic E-state index is -5.49. The number of aromatic amines is 1. The first-order valence-electron chi connectivity index (χ1n) is 5.39. The van der Waals surface area contributed by atoms with Gasteiger partial charge in [-0.3, -0.25) is 9.13 Å². The van der Waals surface area contributed by atoms with Gasteiger partial charge < -0.3 is 34.4 Å². The second kappa shape index (κ2) is 6.05. The lowest BCUT2D eigenvalue weighted by atomic mass is 10.2. The van der Waals surface area contributed by atoms with Gasteiger partial charge in [0.05, 0.1) is 13.2 Å². The summed E-state index contributed by atoms with van der Waals surface area (Å²) in [5.74, 6) is 0.212. The first-order valence-corrected chi connectivity index (χ1v) is 8.62. The van der Waals surface area contributed by atoms with Crippen molar-refractivity contribution in [2.45, 2.75) is 17.9 Å². The van der Waals surface area contributed by atoms with E-state index in [0.717, 1.165) is 0 Å². The van der Waals surface area contributed by atoms with Gasteiger partial charge in [-0.2, -0.15) is 0 Å². The second-order valence-corrected chi connectivity index (χ2v) is 8.26. The fourth-order valence-corrected chi connectivity index (χ4v) is 3.21. The quantitative estimate of drug-likeness (QED) is 0.361. The zero-order valence-electron chi connectivity index (χ0n) is 10.4. The molecule has 0 bridgehead atoms. The Morgan fingerprint density at radius 1 is 1.35 bits per heavy atom. The molecule has 1 atom stereocenters. The van der Waals surface area contributed by atoms with Crippen LogP contribution in [0.25, 0.3) is 0 Å². The lowest BCUT2D eigenvalue weighted by molar-refractivity contribution is 0.0206. The number of ether oxygens (including phenoxy) is 1. The molecule has 0 radical (unpaired) electrons. The summed E-state index contributed by atoms with van der Waals surface area (Å²) in [6, 6.07) is 0. The lowest BCUT2D eigenvalue weighted by Crippen LogP contribution is -2.34. The van der Waals surface area contributed by atoms with Crippen molar-refractivity contribution in [2.75, 3.05) is 13.2 Å². The third-order valence-electron chi connectivity index (χ3n) is 2.58. The normalized spacial score (nSPS) is 15.3. The molecule has 1 aromatic rings. The van der Waals surface area contributed by atoms with Gasteiger partial charge in [0.25, 0.3) is 5.08 Å². The van der Waals surface area contributed by atoms with Crippen LogP contribution in [0.2, 0.25) is 0 Å². The molecule has 116 valence electrons. The van der Waals surface area contributed by atoms with Gasteiger partial charge in [-0.25, -0.2) is 4.98 Å². The van der Waals surface area contributed by atoms with Gasteiger partial charge in [0.15, 0.2) is 0 Å². The number of aliphatic hydroxyl groups is 1. The zero-order valence-corrected chi connectivity index (χ0v) is 12.2. The largest absolute Gasteiger partial charge is 0.376 e. The molecule has 10 nitrogen and oxygen atoms in total. The van der Waals surface area contributed by atoms with Crippen molar-refractivity contribution in [3.8, 4) is 0 Å². The fraction of sp³-hybridized carbons (Fsp3) is 0.625. The highest BCUT2D eigenvalue weighted by Gasteiger charge is 2.59. The third kappa shape index (κ3) is 3.75. The van der Waals surface area contributed by atoms with Crippen molar-refractivity contribution < 1.29 is 38.5 Å². The van der Waals surface area contributed by atoms with Crippen LogP contribution in [0.15, 0.2) is 12.4 Å². The van der Waals surface area contributed by atoms with E-state index in [4.69, 9.17) is 24.3 Å². The maximum absolute atomic E-state index is 11.1. The Labute approximate surface area is 114 Å². The SMILES string of the molecule is C[C@H](COCC(O)(P(=O)(O)O)P(=O)(O)O)c1ncc[nH]1. The minimum Gasteiger partial charge on any atom is -0.376 e. The van der Waals surface area contributed by atoms with E-state index in [0.29, 0.717) is 5.82 Å². The van der Waals surface area contributed by atoms with Gasteiger partial charge in [-0.05, 0) is 0 Å². The Bertz CT molecular complexity index is 499. The van der Waals surface area contributed by atoms with Gasteiger partial charge in [-0.15, -0.1) is 0 Å². The highest BCUT2D eigenvalue weighted by Crippen LogP contribution is 2.67. The fourth-order valence-electron chi connectivity index (χ4n) is 1.34. The molecule has 0 aliphatic rings. The van der Waals surface area contributed by atoms with Gasteiger partial charge >= 0.3 is 15.2 Å². The molecular formula is C8H16N2O8P2. The van der Waals surface area contributed by atoms with Gasteiger partial charge in [-0.1, -0.05) is 6.92 Å². The minimum absolute atomic E-state index is 0.143. The number of nitrogens with zero attached hydrogens (tertiary/aromatic N) is 1. The first kappa shape index (κ1) is 17.5. The second-order valence-electron chi connectivity index (χ2n) is 4.25. The average Bonchev–Trinajstić information content (AvgIpc) is 2.78. The number of hydrogen-bond acceptors (Lipinski definition) is 5. The van der Waals surface area contributed by atoms with Crippen molar-refractivity contribution in [2.24, 2.45) is 0 Å². The van der Waals surface area contributed by atoms with Crippen molar-refractivity contribution in [1.82, 2.24) is 9.97 Å². The lowest BCUT2D eigenvalue weighted by Gasteiger charge is -2.29. The Morgan fingerprint density at radius 3 is 2.30 bits per heavy atom. The van der Waals surface area contributed by atoms with E-state index in [2.05, 4.69) is 9.97 Å². The topological polar surface area (TPSA) is 173 Å². The number of aromatic nitrogens is 2. The number of rotatable bonds is 7. The molecule has 0 saturated heterocycles. The standard InChI is InChI=1S/C8H16N2O8P2/c1-6(7-9-2-3-10-7)4-18-5-8(11,19(12,13)14)20(15,16)17/h2-3,6,11H,4-5H2,1H3,(H,9,10)(H2,12,13,14)(H2,15,16,17)/t6-/m1/s1. The molecule has 0 aromatic carbocycles. The Hall–Kier alpha value is -0.570. The van der Waals surface area contributed by atoms with Crippen molar-refractivity contribution >= 4 is 15.2 Å². The highest BCUT2D eigenvalue weighted by molar-refractivity contribution is 7.72. The smallest absolute Gasteiger partial charge is 0.371 e. The monoisotopic (exact) mass is 330 g/mol. The summed E-state index contributed by atoms with van der Waals surface area (Å²) >= 11 is 0. The van der Waals surface area contributed by atoms with Crippen LogP contribution in [0.5, 0.6) is 0 Å². The molecule has 6 N–H and O–H groups in total. The predicted octanol–water partition coefficient (Wildman–Crippen LogP) is -0.469. The van der Waals surface area contributed by atoms with Crippen LogP contribution in [0.4, 0.5) is 0 Å². The Kier molecular flexibility index (Phi) is 5.29. The molecule has 0 amide bonds. The third-order valence-corrected chi connectivity index (χ3v) is 6.27. The van der Waals surface area contributed by atoms with Gasteiger partial charge in [0.2, 0.25) is 0 Å². The highest BCUT2D eigenvalue weighted by atomic mass is 31.2. The zero-order chi connectivity index (χ0) is 15.6. The number of H-pyrrole nitrogens is 1. The molecule has 0 aliphatic carbocycles. The molecule has 0 aliphatic heterocycles. The molecule has 12 heteroatoms. The van der Waals surface area contributed by atoms with Crippen molar-refractivity contribution in [3.63, 3.8) is 0 Å². The van der Waals surface area contributed by atoms with Crippen LogP contribution < -0.4 is 0 Å². The van der Waals surface area contributed by atoms with Crippen LogP contribution in [0.3, 0.4) is 0 Å². The predicted molar refractivity (Wildman–Crippen MR) is 66.9 cm³/mol. The number of hydrogen-bond donors (Lipinski definition) is 6. The number of imidazole rings is 1. The molecular weight excluding hydrogens is 314 g/mol. The van der Waals surface area contributed by atoms with E-state index in [-0.39, 0.29) is 12.5 Å². The summed E-state index contributed by atoms with van der Waals surface area (Å²) < 4.78 is 27.0. The summed E-state index contributed by atoms with van der Waals surface area (Å²) in [4.78, 5) is 42.3. The molecule has 1 heterocycles. The van der Waals surface area contributed by atoms with E-state index in [1.54, 1.807) is 13.1 Å². The van der Waals surface area contributed by atoms with Crippen LogP contribution in [0, 0.1) is 0 Å². The van der Waals surface area contributed by atoms with E-state index in [1.807, 2.05) is 0 Å². The molecule has 1 rings (SSSR count). The Balaban J connectivity index is 2.70. The molecule has 0 fully saturated rings. The maximum atomic E-state index is 11.1. The van der Waals surface area contributed by atoms with Gasteiger partial charge in [0, 0.05) is 18.3 Å². The first-order chi connectivity index (χ1) is 8.99. The van der Waals surface area contributed by atoms with E-state index >= 15 is 0 Å². The molecule has 0 saturated carbocycles. The van der Waals surface area contributed by atoms with E-state index in [1.165, 1.54) is 6.20 Å². The summed E-state index contributed by atoms with van der Waals surface area (Å²) in [7, 11) is -11.0.